The van der Waals surface area contributed by atoms with Crippen LogP contribution in [0, 0.1) is 0 Å². The van der Waals surface area contributed by atoms with Gasteiger partial charge in [0, 0.05) is 47.0 Å². The Morgan fingerprint density at radius 1 is 0.310 bits per heavy atom. The van der Waals surface area contributed by atoms with Crippen molar-refractivity contribution in [1.29, 1.82) is 0 Å². The van der Waals surface area contributed by atoms with Crippen molar-refractivity contribution in [3.8, 4) is 67.3 Å². The summed E-state index contributed by atoms with van der Waals surface area (Å²) in [4.78, 5) is 18.5. The quantitative estimate of drug-likeness (QED) is 0.212. The summed E-state index contributed by atoms with van der Waals surface area (Å²) < 4.78 is 0. The highest BCUT2D eigenvalue weighted by Crippen LogP contribution is 2.32. The number of hydrogen-bond acceptors (Lipinski definition) is 4. The van der Waals surface area contributed by atoms with Crippen molar-refractivity contribution < 1.29 is 0 Å². The van der Waals surface area contributed by atoms with Crippen molar-refractivity contribution in [2.75, 3.05) is 0 Å². The molecule has 0 fully saturated rings. The average Bonchev–Trinajstić information content (AvgIpc) is 3.09. The van der Waals surface area contributed by atoms with Gasteiger partial charge in [0.1, 0.15) is 0 Å². The minimum absolute atomic E-state index is 0.668. The van der Waals surface area contributed by atoms with E-state index >= 15 is 0 Å². The second-order valence-electron chi connectivity index (χ2n) is 10.0. The van der Waals surface area contributed by atoms with Gasteiger partial charge in [-0.15, -0.1) is 0 Å². The molecule has 7 aromatic rings. The molecule has 0 aliphatic carbocycles. The molecule has 3 heterocycles. The van der Waals surface area contributed by atoms with E-state index in [0.717, 1.165) is 50.3 Å². The Bertz CT molecular complexity index is 1950. The van der Waals surface area contributed by atoms with Crippen LogP contribution in [-0.2, 0) is 0 Å². The average molecular weight is 539 g/mol. The van der Waals surface area contributed by atoms with Crippen LogP contribution in [-0.4, -0.2) is 19.9 Å². The van der Waals surface area contributed by atoms with Crippen molar-refractivity contribution in [3.05, 3.63) is 158 Å². The van der Waals surface area contributed by atoms with Gasteiger partial charge in [0.05, 0.1) is 11.4 Å². The van der Waals surface area contributed by atoms with Crippen molar-refractivity contribution in [3.63, 3.8) is 0 Å². The summed E-state index contributed by atoms with van der Waals surface area (Å²) in [6.45, 7) is 0. The van der Waals surface area contributed by atoms with E-state index in [-0.39, 0.29) is 0 Å². The Kier molecular flexibility index (Phi) is 6.85. The van der Waals surface area contributed by atoms with E-state index in [1.807, 2.05) is 30.5 Å². The molecule has 0 unspecified atom stereocenters. The highest BCUT2D eigenvalue weighted by Gasteiger charge is 2.12. The fourth-order valence-corrected chi connectivity index (χ4v) is 5.11. The van der Waals surface area contributed by atoms with Crippen LogP contribution in [0.1, 0.15) is 0 Å². The van der Waals surface area contributed by atoms with Gasteiger partial charge in [0.15, 0.2) is 5.82 Å². The minimum atomic E-state index is 0.668. The Morgan fingerprint density at radius 2 is 0.857 bits per heavy atom. The number of hydrogen-bond donors (Lipinski definition) is 0. The molecule has 4 heteroatoms. The third-order valence-electron chi connectivity index (χ3n) is 7.30. The van der Waals surface area contributed by atoms with E-state index in [4.69, 9.17) is 9.97 Å². The molecule has 0 bridgehead atoms. The van der Waals surface area contributed by atoms with Crippen LogP contribution in [0.3, 0.4) is 0 Å². The fraction of sp³-hybridized carbons (Fsp3) is 0. The summed E-state index contributed by atoms with van der Waals surface area (Å²) in [6.07, 6.45) is 7.24. The van der Waals surface area contributed by atoms with Gasteiger partial charge in [-0.05, 0) is 64.2 Å². The molecule has 0 atom stereocenters. The van der Waals surface area contributed by atoms with Crippen LogP contribution < -0.4 is 0 Å². The Balaban J connectivity index is 1.30. The Hall–Kier alpha value is -5.74. The molecule has 3 aromatic heterocycles. The SMILES string of the molecule is c1ccc(-c2ccc(-c3cc(-c4cccc(-c5cccc(-c6cccnc6)c5)c4)nc(-c4ccncc4)n3)cc2)cc1. The molecule has 0 amide bonds. The van der Waals surface area contributed by atoms with Crippen LogP contribution in [0.2, 0.25) is 0 Å². The van der Waals surface area contributed by atoms with Crippen molar-refractivity contribution in [2.45, 2.75) is 0 Å². The van der Waals surface area contributed by atoms with Crippen molar-refractivity contribution in [1.82, 2.24) is 19.9 Å². The van der Waals surface area contributed by atoms with Crippen molar-refractivity contribution >= 4 is 0 Å². The summed E-state index contributed by atoms with van der Waals surface area (Å²) in [6, 6.07) is 46.1. The van der Waals surface area contributed by atoms with Crippen LogP contribution in [0.15, 0.2) is 158 Å². The van der Waals surface area contributed by atoms with E-state index in [1.165, 1.54) is 11.1 Å². The molecule has 0 N–H and O–H groups in total. The first kappa shape index (κ1) is 25.2. The lowest BCUT2D eigenvalue weighted by atomic mass is 9.97. The Morgan fingerprint density at radius 3 is 1.55 bits per heavy atom. The van der Waals surface area contributed by atoms with Gasteiger partial charge in [-0.1, -0.05) is 97.1 Å². The molecule has 0 radical (unpaired) electrons. The maximum absolute atomic E-state index is 5.02. The lowest BCUT2D eigenvalue weighted by Gasteiger charge is -2.11. The number of aromatic nitrogens is 4. The van der Waals surface area contributed by atoms with Crippen LogP contribution in [0.25, 0.3) is 67.3 Å². The van der Waals surface area contributed by atoms with E-state index in [9.17, 15) is 0 Å². The van der Waals surface area contributed by atoms with Gasteiger partial charge in [-0.25, -0.2) is 9.97 Å². The summed E-state index contributed by atoms with van der Waals surface area (Å²) in [7, 11) is 0. The first-order valence-corrected chi connectivity index (χ1v) is 13.9. The first-order chi connectivity index (χ1) is 20.8. The molecule has 7 rings (SSSR count). The van der Waals surface area contributed by atoms with Crippen LogP contribution in [0.5, 0.6) is 0 Å². The lowest BCUT2D eigenvalue weighted by Crippen LogP contribution is -1.96. The molecule has 0 aliphatic rings. The second kappa shape index (κ2) is 11.4. The number of nitrogens with zero attached hydrogens (tertiary/aromatic N) is 4. The number of rotatable bonds is 6. The third-order valence-corrected chi connectivity index (χ3v) is 7.30. The minimum Gasteiger partial charge on any atom is -0.265 e. The molecule has 0 aliphatic heterocycles. The summed E-state index contributed by atoms with van der Waals surface area (Å²) >= 11 is 0. The third kappa shape index (κ3) is 5.34. The lowest BCUT2D eigenvalue weighted by molar-refractivity contribution is 1.18. The molecule has 0 saturated heterocycles. The fourth-order valence-electron chi connectivity index (χ4n) is 5.11. The predicted octanol–water partition coefficient (Wildman–Crippen LogP) is 9.27. The van der Waals surface area contributed by atoms with E-state index in [1.54, 1.807) is 18.6 Å². The maximum Gasteiger partial charge on any atom is 0.160 e. The molecule has 198 valence electrons. The highest BCUT2D eigenvalue weighted by molar-refractivity contribution is 5.78. The van der Waals surface area contributed by atoms with Gasteiger partial charge in [0.25, 0.3) is 0 Å². The molecule has 0 spiro atoms. The number of pyridine rings is 2. The van der Waals surface area contributed by atoms with Gasteiger partial charge >= 0.3 is 0 Å². The van der Waals surface area contributed by atoms with Gasteiger partial charge in [0.2, 0.25) is 0 Å². The standard InChI is InChI=1S/C38H26N4/c1-2-7-27(8-3-1)28-14-16-29(17-15-28)36-25-37(42-38(41-36)30-18-21-39-22-19-30)34-12-5-10-32(24-34)31-9-4-11-33(23-31)35-13-6-20-40-26-35/h1-26H. The second-order valence-corrected chi connectivity index (χ2v) is 10.0. The predicted molar refractivity (Wildman–Crippen MR) is 170 cm³/mol. The van der Waals surface area contributed by atoms with E-state index < -0.39 is 0 Å². The molecular weight excluding hydrogens is 512 g/mol. The monoisotopic (exact) mass is 538 g/mol. The summed E-state index contributed by atoms with van der Waals surface area (Å²) in [5.41, 5.74) is 11.6. The number of benzene rings is 4. The molecule has 4 nitrogen and oxygen atoms in total. The normalized spacial score (nSPS) is 10.9. The van der Waals surface area contributed by atoms with E-state index in [0.29, 0.717) is 5.82 Å². The molecule has 0 saturated carbocycles. The molecule has 42 heavy (non-hydrogen) atoms. The van der Waals surface area contributed by atoms with Crippen LogP contribution in [0.4, 0.5) is 0 Å². The summed E-state index contributed by atoms with van der Waals surface area (Å²) in [5.74, 6) is 0.668. The molecule has 4 aromatic carbocycles. The van der Waals surface area contributed by atoms with Crippen molar-refractivity contribution in [2.24, 2.45) is 0 Å². The highest BCUT2D eigenvalue weighted by atomic mass is 14.9. The molecular formula is C38H26N4. The summed E-state index contributed by atoms with van der Waals surface area (Å²) in [5, 5.41) is 0. The van der Waals surface area contributed by atoms with E-state index in [2.05, 4.69) is 119 Å². The first-order valence-electron chi connectivity index (χ1n) is 13.9. The largest absolute Gasteiger partial charge is 0.265 e. The van der Waals surface area contributed by atoms with Gasteiger partial charge < -0.3 is 0 Å². The zero-order valence-electron chi connectivity index (χ0n) is 22.8. The van der Waals surface area contributed by atoms with Crippen LogP contribution >= 0.6 is 0 Å². The van der Waals surface area contributed by atoms with Gasteiger partial charge in [-0.2, -0.15) is 0 Å². The topological polar surface area (TPSA) is 51.6 Å². The zero-order valence-corrected chi connectivity index (χ0v) is 22.8. The maximum atomic E-state index is 5.02. The van der Waals surface area contributed by atoms with Gasteiger partial charge in [-0.3, -0.25) is 9.97 Å². The zero-order chi connectivity index (χ0) is 28.1. The smallest absolute Gasteiger partial charge is 0.160 e. The Labute approximate surface area is 245 Å².